The van der Waals surface area contributed by atoms with Gasteiger partial charge in [0, 0.05) is 38.2 Å². The van der Waals surface area contributed by atoms with Crippen molar-refractivity contribution in [1.29, 1.82) is 0 Å². The molecule has 36 heavy (non-hydrogen) atoms. The third-order valence-electron chi connectivity index (χ3n) is 6.18. The van der Waals surface area contributed by atoms with Crippen LogP contribution in [0.1, 0.15) is 29.5 Å². The van der Waals surface area contributed by atoms with Gasteiger partial charge in [-0.1, -0.05) is 23.7 Å². The van der Waals surface area contributed by atoms with Gasteiger partial charge in [0.25, 0.3) is 0 Å². The predicted molar refractivity (Wildman–Crippen MR) is 117 cm³/mol. The van der Waals surface area contributed by atoms with Crippen LogP contribution in [0.4, 0.5) is 41.6 Å². The maximum absolute atomic E-state index is 13.1. The number of carbonyl (C=O) groups is 2. The second-order valence-corrected chi connectivity index (χ2v) is 9.12. The highest BCUT2D eigenvalue weighted by Crippen LogP contribution is 2.37. The van der Waals surface area contributed by atoms with Gasteiger partial charge in [0.1, 0.15) is 5.60 Å². The molecule has 2 aliphatic rings. The Morgan fingerprint density at radius 2 is 1.64 bits per heavy atom. The van der Waals surface area contributed by atoms with Crippen LogP contribution in [0, 0.1) is 0 Å². The Kier molecular flexibility index (Phi) is 6.76. The number of carbonyl (C=O) groups excluding carboxylic acids is 2. The number of rotatable bonds is 3. The molecule has 2 aromatic rings. The average molecular weight is 536 g/mol. The molecule has 0 saturated carbocycles. The van der Waals surface area contributed by atoms with Gasteiger partial charge in [0.05, 0.1) is 22.7 Å². The molecule has 0 unspecified atom stereocenters. The molecular weight excluding hydrogens is 516 g/mol. The lowest BCUT2D eigenvalue weighted by Gasteiger charge is -2.37. The van der Waals surface area contributed by atoms with Gasteiger partial charge in [-0.05, 0) is 35.9 Å². The van der Waals surface area contributed by atoms with Crippen molar-refractivity contribution in [3.05, 3.63) is 64.2 Å². The zero-order valence-electron chi connectivity index (χ0n) is 18.5. The number of piperidine rings is 1. The average Bonchev–Trinajstić information content (AvgIpc) is 3.08. The van der Waals surface area contributed by atoms with Gasteiger partial charge in [-0.25, -0.2) is 9.59 Å². The zero-order chi connectivity index (χ0) is 26.3. The topological polar surface area (TPSA) is 61.9 Å². The monoisotopic (exact) mass is 535 g/mol. The van der Waals surface area contributed by atoms with Crippen LogP contribution in [-0.2, 0) is 23.6 Å². The largest absolute Gasteiger partial charge is 0.441 e. The standard InChI is InChI=1S/C23H20ClF6N3O3/c24-18-6-5-16(11-17(18)23(28,29)30)31-19(34)32-9-7-21(8-10-32)13-33(20(35)36-21)12-14-1-3-15(4-2-14)22(25,26)27/h1-6,11H,7-10,12-13H2,(H,31,34). The van der Waals surface area contributed by atoms with Crippen molar-refractivity contribution >= 4 is 29.4 Å². The van der Waals surface area contributed by atoms with Crippen molar-refractivity contribution < 1.29 is 40.7 Å². The van der Waals surface area contributed by atoms with Gasteiger partial charge in [-0.15, -0.1) is 0 Å². The van der Waals surface area contributed by atoms with Crippen LogP contribution in [-0.4, -0.2) is 47.2 Å². The second kappa shape index (κ2) is 9.38. The van der Waals surface area contributed by atoms with E-state index in [2.05, 4.69) is 5.32 Å². The number of hydrogen-bond donors (Lipinski definition) is 1. The number of halogens is 7. The van der Waals surface area contributed by atoms with E-state index in [1.54, 1.807) is 0 Å². The van der Waals surface area contributed by atoms with Crippen molar-refractivity contribution in [3.8, 4) is 0 Å². The van der Waals surface area contributed by atoms with Gasteiger partial charge in [-0.2, -0.15) is 26.3 Å². The van der Waals surface area contributed by atoms with Crippen LogP contribution >= 0.6 is 11.6 Å². The first-order valence-electron chi connectivity index (χ1n) is 10.8. The molecule has 13 heteroatoms. The molecule has 1 N–H and O–H groups in total. The molecule has 4 rings (SSSR count). The summed E-state index contributed by atoms with van der Waals surface area (Å²) in [6, 6.07) is 6.95. The maximum atomic E-state index is 13.1. The number of likely N-dealkylation sites (tertiary alicyclic amines) is 1. The van der Waals surface area contributed by atoms with Gasteiger partial charge in [-0.3, -0.25) is 4.90 Å². The van der Waals surface area contributed by atoms with Crippen LogP contribution in [0.5, 0.6) is 0 Å². The first-order valence-corrected chi connectivity index (χ1v) is 11.2. The highest BCUT2D eigenvalue weighted by molar-refractivity contribution is 6.31. The lowest BCUT2D eigenvalue weighted by atomic mass is 9.91. The number of alkyl halides is 6. The van der Waals surface area contributed by atoms with Crippen molar-refractivity contribution in [2.75, 3.05) is 25.0 Å². The molecule has 0 radical (unpaired) electrons. The number of nitrogens with zero attached hydrogens (tertiary/aromatic N) is 2. The molecule has 3 amide bonds. The SMILES string of the molecule is O=C(Nc1ccc(Cl)c(C(F)(F)F)c1)N1CCC2(CC1)CN(Cc1ccc(C(F)(F)F)cc1)C(=O)O2. The molecule has 6 nitrogen and oxygen atoms in total. The molecule has 0 atom stereocenters. The number of hydrogen-bond acceptors (Lipinski definition) is 3. The fraction of sp³-hybridized carbons (Fsp3) is 0.391. The lowest BCUT2D eigenvalue weighted by Crippen LogP contribution is -2.49. The molecule has 2 aliphatic heterocycles. The molecule has 0 bridgehead atoms. The highest BCUT2D eigenvalue weighted by atomic mass is 35.5. The van der Waals surface area contributed by atoms with Crippen LogP contribution in [0.15, 0.2) is 42.5 Å². The van der Waals surface area contributed by atoms with Crippen molar-refractivity contribution in [3.63, 3.8) is 0 Å². The van der Waals surface area contributed by atoms with Gasteiger partial charge >= 0.3 is 24.5 Å². The Hall–Kier alpha value is -3.15. The number of amides is 3. The van der Waals surface area contributed by atoms with Crippen molar-refractivity contribution in [1.82, 2.24) is 9.80 Å². The lowest BCUT2D eigenvalue weighted by molar-refractivity contribution is -0.138. The molecule has 2 fully saturated rings. The van der Waals surface area contributed by atoms with E-state index >= 15 is 0 Å². The van der Waals surface area contributed by atoms with Gasteiger partial charge in [0.2, 0.25) is 0 Å². The molecule has 1 spiro atoms. The number of ether oxygens (including phenoxy) is 1. The molecule has 0 aliphatic carbocycles. The number of anilines is 1. The third-order valence-corrected chi connectivity index (χ3v) is 6.51. The smallest absolute Gasteiger partial charge is 0.417 e. The summed E-state index contributed by atoms with van der Waals surface area (Å²) < 4.78 is 83.0. The van der Waals surface area contributed by atoms with E-state index < -0.39 is 46.2 Å². The summed E-state index contributed by atoms with van der Waals surface area (Å²) >= 11 is 5.60. The van der Waals surface area contributed by atoms with E-state index in [4.69, 9.17) is 16.3 Å². The van der Waals surface area contributed by atoms with Crippen molar-refractivity contribution in [2.45, 2.75) is 37.3 Å². The molecule has 194 valence electrons. The number of urea groups is 1. The Balaban J connectivity index is 1.33. The van der Waals surface area contributed by atoms with E-state index in [-0.39, 0.29) is 31.9 Å². The summed E-state index contributed by atoms with van der Waals surface area (Å²) in [5.74, 6) is 0. The Morgan fingerprint density at radius 3 is 2.22 bits per heavy atom. The maximum Gasteiger partial charge on any atom is 0.417 e. The fourth-order valence-corrected chi connectivity index (χ4v) is 4.46. The van der Waals surface area contributed by atoms with Crippen LogP contribution in [0.2, 0.25) is 5.02 Å². The van der Waals surface area contributed by atoms with Crippen LogP contribution < -0.4 is 5.32 Å². The van der Waals surface area contributed by atoms with Crippen molar-refractivity contribution in [2.24, 2.45) is 0 Å². The van der Waals surface area contributed by atoms with E-state index in [0.717, 1.165) is 24.3 Å². The summed E-state index contributed by atoms with van der Waals surface area (Å²) in [7, 11) is 0. The van der Waals surface area contributed by atoms with E-state index in [1.807, 2.05) is 0 Å². The molecule has 2 heterocycles. The fourth-order valence-electron chi connectivity index (χ4n) is 4.23. The van der Waals surface area contributed by atoms with E-state index in [9.17, 15) is 35.9 Å². The minimum Gasteiger partial charge on any atom is -0.441 e. The molecule has 2 aromatic carbocycles. The normalized spacial score (nSPS) is 17.9. The van der Waals surface area contributed by atoms with Gasteiger partial charge in [0.15, 0.2) is 0 Å². The minimum atomic E-state index is -4.67. The summed E-state index contributed by atoms with van der Waals surface area (Å²) in [5, 5.41) is 1.94. The quantitative estimate of drug-likeness (QED) is 0.463. The van der Waals surface area contributed by atoms with Crippen LogP contribution in [0.3, 0.4) is 0 Å². The molecular formula is C23H20ClF6N3O3. The molecule has 0 aromatic heterocycles. The first-order chi connectivity index (χ1) is 16.8. The number of nitrogens with one attached hydrogen (secondary N) is 1. The molecule has 2 saturated heterocycles. The summed E-state index contributed by atoms with van der Waals surface area (Å²) in [6.45, 7) is 0.648. The third kappa shape index (κ3) is 5.63. The van der Waals surface area contributed by atoms with E-state index in [0.29, 0.717) is 18.4 Å². The summed E-state index contributed by atoms with van der Waals surface area (Å²) in [4.78, 5) is 27.8. The highest BCUT2D eigenvalue weighted by Gasteiger charge is 2.47. The second-order valence-electron chi connectivity index (χ2n) is 8.71. The minimum absolute atomic E-state index is 0.0629. The number of benzene rings is 2. The summed E-state index contributed by atoms with van der Waals surface area (Å²) in [5.41, 5.74) is -2.26. The zero-order valence-corrected chi connectivity index (χ0v) is 19.3. The van der Waals surface area contributed by atoms with E-state index in [1.165, 1.54) is 28.0 Å². The predicted octanol–water partition coefficient (Wildman–Crippen LogP) is 6.40. The summed E-state index contributed by atoms with van der Waals surface area (Å²) in [6.07, 6.45) is -9.14. The van der Waals surface area contributed by atoms with Gasteiger partial charge < -0.3 is 15.0 Å². The Morgan fingerprint density at radius 1 is 1.00 bits per heavy atom. The van der Waals surface area contributed by atoms with Crippen LogP contribution in [0.25, 0.3) is 0 Å². The Labute approximate surface area is 206 Å². The first kappa shape index (κ1) is 25.9. The Bertz CT molecular complexity index is 1150.